The molecule has 0 fully saturated rings. The van der Waals surface area contributed by atoms with Crippen LogP contribution in [0.2, 0.25) is 0 Å². The van der Waals surface area contributed by atoms with Crippen molar-refractivity contribution >= 4 is 23.4 Å². The molecule has 1 amide bonds. The monoisotopic (exact) mass is 408 g/mol. The second-order valence-electron chi connectivity index (χ2n) is 6.21. The number of amides is 1. The summed E-state index contributed by atoms with van der Waals surface area (Å²) in [6.45, 7) is 1.99. The Kier molecular flexibility index (Phi) is 5.35. The SMILES string of the molecule is C[C@@H](Sc1nnc([C@H]2COc3ccccc3O2)o1)C(=O)Nc1cccc(C#N)c1. The Morgan fingerprint density at radius 1 is 1.24 bits per heavy atom. The van der Waals surface area contributed by atoms with Gasteiger partial charge in [-0.1, -0.05) is 30.0 Å². The Balaban J connectivity index is 1.37. The lowest BCUT2D eigenvalue weighted by Gasteiger charge is -2.23. The third-order valence-corrected chi connectivity index (χ3v) is 5.05. The van der Waals surface area contributed by atoms with E-state index in [-0.39, 0.29) is 23.6 Å². The van der Waals surface area contributed by atoms with Gasteiger partial charge in [0, 0.05) is 5.69 Å². The Hall–Kier alpha value is -3.51. The molecule has 4 rings (SSSR count). The van der Waals surface area contributed by atoms with Crippen LogP contribution in [0.25, 0.3) is 0 Å². The molecule has 1 aliphatic heterocycles. The van der Waals surface area contributed by atoms with Crippen LogP contribution < -0.4 is 14.8 Å². The molecule has 8 nitrogen and oxygen atoms in total. The Bertz CT molecular complexity index is 1080. The lowest BCUT2D eigenvalue weighted by molar-refractivity contribution is -0.115. The second kappa shape index (κ2) is 8.24. The van der Waals surface area contributed by atoms with Crippen molar-refractivity contribution in [3.8, 4) is 17.6 Å². The number of anilines is 1. The van der Waals surface area contributed by atoms with E-state index in [2.05, 4.69) is 15.5 Å². The molecule has 9 heteroatoms. The number of fused-ring (bicyclic) bond motifs is 1. The number of ether oxygens (including phenoxy) is 2. The van der Waals surface area contributed by atoms with Crippen LogP contribution in [0, 0.1) is 11.3 Å². The van der Waals surface area contributed by atoms with Crippen LogP contribution in [0.15, 0.2) is 58.2 Å². The van der Waals surface area contributed by atoms with E-state index in [4.69, 9.17) is 19.2 Å². The van der Waals surface area contributed by atoms with E-state index in [0.29, 0.717) is 22.7 Å². The summed E-state index contributed by atoms with van der Waals surface area (Å²) in [5, 5.41) is 19.5. The fourth-order valence-corrected chi connectivity index (χ4v) is 3.34. The number of hydrogen-bond donors (Lipinski definition) is 1. The van der Waals surface area contributed by atoms with Gasteiger partial charge in [-0.05, 0) is 37.3 Å². The van der Waals surface area contributed by atoms with Crippen molar-refractivity contribution in [3.63, 3.8) is 0 Å². The Labute approximate surface area is 170 Å². The van der Waals surface area contributed by atoms with Crippen LogP contribution in [0.4, 0.5) is 5.69 Å². The van der Waals surface area contributed by atoms with Crippen molar-refractivity contribution in [3.05, 3.63) is 60.0 Å². The number of rotatable bonds is 5. The molecule has 1 N–H and O–H groups in total. The van der Waals surface area contributed by atoms with Crippen molar-refractivity contribution in [2.24, 2.45) is 0 Å². The largest absolute Gasteiger partial charge is 0.485 e. The van der Waals surface area contributed by atoms with Crippen molar-refractivity contribution in [2.45, 2.75) is 23.5 Å². The van der Waals surface area contributed by atoms with Gasteiger partial charge in [-0.3, -0.25) is 4.79 Å². The van der Waals surface area contributed by atoms with Crippen LogP contribution >= 0.6 is 11.8 Å². The molecule has 0 spiro atoms. The van der Waals surface area contributed by atoms with Gasteiger partial charge in [0.1, 0.15) is 6.61 Å². The summed E-state index contributed by atoms with van der Waals surface area (Å²) < 4.78 is 17.2. The predicted octanol–water partition coefficient (Wildman–Crippen LogP) is 3.57. The fourth-order valence-electron chi connectivity index (χ4n) is 2.65. The maximum atomic E-state index is 12.4. The molecule has 1 aliphatic rings. The zero-order chi connectivity index (χ0) is 20.2. The molecular weight excluding hydrogens is 392 g/mol. The molecule has 0 bridgehead atoms. The summed E-state index contributed by atoms with van der Waals surface area (Å²) in [5.74, 6) is 1.33. The standard InChI is InChI=1S/C20H16N4O4S/c1-12(18(25)22-14-6-4-5-13(9-14)10-21)29-20-24-23-19(28-20)17-11-26-15-7-2-3-8-16(15)27-17/h2-9,12,17H,11H2,1H3,(H,22,25)/t12-,17-/m1/s1. The van der Waals surface area contributed by atoms with Crippen molar-refractivity contribution in [1.29, 1.82) is 5.26 Å². The number of aromatic nitrogens is 2. The predicted molar refractivity (Wildman–Crippen MR) is 105 cm³/mol. The molecule has 3 aromatic rings. The van der Waals surface area contributed by atoms with E-state index >= 15 is 0 Å². The quantitative estimate of drug-likeness (QED) is 0.638. The second-order valence-corrected chi connectivity index (χ2v) is 7.50. The molecule has 1 aromatic heterocycles. The minimum Gasteiger partial charge on any atom is -0.485 e. The van der Waals surface area contributed by atoms with Crippen LogP contribution in [0.5, 0.6) is 11.5 Å². The van der Waals surface area contributed by atoms with Crippen LogP contribution in [0.3, 0.4) is 0 Å². The van der Waals surface area contributed by atoms with Crippen molar-refractivity contribution < 1.29 is 18.7 Å². The third kappa shape index (κ3) is 4.33. The van der Waals surface area contributed by atoms with Gasteiger partial charge >= 0.3 is 0 Å². The van der Waals surface area contributed by atoms with Crippen LogP contribution in [-0.4, -0.2) is 28.0 Å². The summed E-state index contributed by atoms with van der Waals surface area (Å²) in [6, 6.07) is 16.1. The average Bonchev–Trinajstić information content (AvgIpc) is 3.22. The maximum absolute atomic E-state index is 12.4. The van der Waals surface area contributed by atoms with E-state index in [9.17, 15) is 4.79 Å². The molecule has 2 heterocycles. The van der Waals surface area contributed by atoms with Crippen LogP contribution in [0.1, 0.15) is 24.5 Å². The van der Waals surface area contributed by atoms with Gasteiger partial charge in [-0.2, -0.15) is 5.26 Å². The zero-order valence-corrected chi connectivity index (χ0v) is 16.2. The van der Waals surface area contributed by atoms with E-state index in [1.807, 2.05) is 24.3 Å². The zero-order valence-electron chi connectivity index (χ0n) is 15.4. The highest BCUT2D eigenvalue weighted by Gasteiger charge is 2.28. The van der Waals surface area contributed by atoms with E-state index < -0.39 is 11.4 Å². The highest BCUT2D eigenvalue weighted by Crippen LogP contribution is 2.36. The smallest absolute Gasteiger partial charge is 0.277 e. The average molecular weight is 408 g/mol. The third-order valence-electron chi connectivity index (χ3n) is 4.11. The van der Waals surface area contributed by atoms with Gasteiger partial charge in [0.2, 0.25) is 12.0 Å². The molecular formula is C20H16N4O4S. The maximum Gasteiger partial charge on any atom is 0.277 e. The van der Waals surface area contributed by atoms with Gasteiger partial charge in [0.05, 0.1) is 16.9 Å². The molecule has 0 aliphatic carbocycles. The summed E-state index contributed by atoms with van der Waals surface area (Å²) in [7, 11) is 0. The molecule has 146 valence electrons. The highest BCUT2D eigenvalue weighted by atomic mass is 32.2. The number of para-hydroxylation sites is 2. The summed E-state index contributed by atoms with van der Waals surface area (Å²) in [6.07, 6.45) is -0.510. The molecule has 29 heavy (non-hydrogen) atoms. The minimum absolute atomic E-state index is 0.240. The number of benzene rings is 2. The first-order chi connectivity index (χ1) is 14.1. The van der Waals surface area contributed by atoms with Crippen molar-refractivity contribution in [1.82, 2.24) is 10.2 Å². The van der Waals surface area contributed by atoms with Crippen LogP contribution in [-0.2, 0) is 4.79 Å². The van der Waals surface area contributed by atoms with E-state index in [1.54, 1.807) is 37.3 Å². The minimum atomic E-state index is -0.510. The first-order valence-corrected chi connectivity index (χ1v) is 9.70. The first kappa shape index (κ1) is 18.8. The number of carbonyl (C=O) groups excluding carboxylic acids is 1. The van der Waals surface area contributed by atoms with Gasteiger partial charge in [0.25, 0.3) is 11.1 Å². The summed E-state index contributed by atoms with van der Waals surface area (Å²) >= 11 is 1.14. The topological polar surface area (TPSA) is 110 Å². The van der Waals surface area contributed by atoms with Gasteiger partial charge in [0.15, 0.2) is 11.5 Å². The van der Waals surface area contributed by atoms with Gasteiger partial charge in [-0.15, -0.1) is 10.2 Å². The highest BCUT2D eigenvalue weighted by molar-refractivity contribution is 8.00. The first-order valence-electron chi connectivity index (χ1n) is 8.82. The Morgan fingerprint density at radius 3 is 2.90 bits per heavy atom. The van der Waals surface area contributed by atoms with Crippen molar-refractivity contribution in [2.75, 3.05) is 11.9 Å². The molecule has 2 aromatic carbocycles. The fraction of sp³-hybridized carbons (Fsp3) is 0.200. The molecule has 0 saturated carbocycles. The normalized spacial score (nSPS) is 15.9. The molecule has 0 radical (unpaired) electrons. The molecule has 0 unspecified atom stereocenters. The van der Waals surface area contributed by atoms with E-state index in [1.165, 1.54) is 0 Å². The number of thioether (sulfide) groups is 1. The summed E-state index contributed by atoms with van der Waals surface area (Å²) in [5.41, 5.74) is 1.03. The number of nitriles is 1. The lowest BCUT2D eigenvalue weighted by Crippen LogP contribution is -2.22. The van der Waals surface area contributed by atoms with Gasteiger partial charge < -0.3 is 19.2 Å². The molecule has 2 atom stereocenters. The number of carbonyl (C=O) groups is 1. The number of hydrogen-bond acceptors (Lipinski definition) is 8. The number of nitrogens with zero attached hydrogens (tertiary/aromatic N) is 3. The van der Waals surface area contributed by atoms with Gasteiger partial charge in [-0.25, -0.2) is 0 Å². The summed E-state index contributed by atoms with van der Waals surface area (Å²) in [4.78, 5) is 12.4. The Morgan fingerprint density at radius 2 is 2.07 bits per heavy atom. The number of nitrogens with one attached hydrogen (secondary N) is 1. The molecule has 0 saturated heterocycles. The lowest BCUT2D eigenvalue weighted by atomic mass is 10.2. The van der Waals surface area contributed by atoms with E-state index in [0.717, 1.165) is 11.8 Å².